The number of aromatic nitrogens is 5. The maximum Gasteiger partial charge on any atom is 0.253 e. The number of pyridine rings is 1. The number of tetrazole rings is 1. The molecule has 3 aliphatic rings. The molecule has 0 amide bonds. The summed E-state index contributed by atoms with van der Waals surface area (Å²) in [5.41, 5.74) is 4.99. The van der Waals surface area contributed by atoms with E-state index in [1.54, 1.807) is 0 Å². The molecule has 1 saturated heterocycles. The van der Waals surface area contributed by atoms with Crippen LogP contribution in [-0.4, -0.2) is 68.0 Å². The predicted molar refractivity (Wildman–Crippen MR) is 155 cm³/mol. The van der Waals surface area contributed by atoms with Gasteiger partial charge in [0.2, 0.25) is 6.79 Å². The Morgan fingerprint density at radius 3 is 2.61 bits per heavy atom. The van der Waals surface area contributed by atoms with Crippen molar-refractivity contribution >= 4 is 10.9 Å². The summed E-state index contributed by atoms with van der Waals surface area (Å²) in [6, 6.07) is 12.4. The molecule has 2 aromatic carbocycles. The number of H-pyrrole nitrogens is 1. The molecule has 1 saturated carbocycles. The van der Waals surface area contributed by atoms with Crippen molar-refractivity contribution in [2.45, 2.75) is 64.6 Å². The van der Waals surface area contributed by atoms with Crippen molar-refractivity contribution in [1.29, 1.82) is 0 Å². The molecule has 2 aliphatic heterocycles. The lowest BCUT2D eigenvalue weighted by atomic mass is 9.94. The topological polar surface area (TPSA) is 101 Å². The summed E-state index contributed by atoms with van der Waals surface area (Å²) in [7, 11) is 0. The fraction of sp³-hybridized carbons (Fsp3) is 0.484. The Morgan fingerprint density at radius 2 is 1.78 bits per heavy atom. The van der Waals surface area contributed by atoms with E-state index in [-0.39, 0.29) is 24.4 Å². The molecule has 4 aromatic rings. The Balaban J connectivity index is 1.20. The fourth-order valence-corrected chi connectivity index (χ4v) is 6.83. The van der Waals surface area contributed by atoms with Crippen LogP contribution in [0.1, 0.15) is 72.3 Å². The van der Waals surface area contributed by atoms with Gasteiger partial charge >= 0.3 is 0 Å². The van der Waals surface area contributed by atoms with Gasteiger partial charge in [0, 0.05) is 49.2 Å². The first-order valence-corrected chi connectivity index (χ1v) is 14.8. The van der Waals surface area contributed by atoms with Crippen molar-refractivity contribution in [1.82, 2.24) is 35.0 Å². The molecule has 7 rings (SSSR count). The summed E-state index contributed by atoms with van der Waals surface area (Å²) in [5.74, 6) is 2.40. The molecule has 41 heavy (non-hydrogen) atoms. The first kappa shape index (κ1) is 26.2. The van der Waals surface area contributed by atoms with Gasteiger partial charge in [0.15, 0.2) is 17.3 Å². The van der Waals surface area contributed by atoms with Crippen molar-refractivity contribution in [3.05, 3.63) is 74.8 Å². The average molecular weight is 556 g/mol. The van der Waals surface area contributed by atoms with Crippen LogP contribution in [0.25, 0.3) is 10.9 Å². The Labute approximate surface area is 239 Å². The van der Waals surface area contributed by atoms with Crippen LogP contribution in [0.4, 0.5) is 0 Å². The molecule has 0 bridgehead atoms. The summed E-state index contributed by atoms with van der Waals surface area (Å²) in [6.07, 6.45) is 5.76. The SMILES string of the molecule is Cc1cc(C)c2cc([C@H](c3nnnn3C3CCCCC3)N3CCN(Cc4ccc5c(c4)OCO5)CC3)c(=O)[nH]c2c1. The number of fused-ring (bicyclic) bond motifs is 2. The van der Waals surface area contributed by atoms with Gasteiger partial charge in [-0.1, -0.05) is 31.4 Å². The van der Waals surface area contributed by atoms with E-state index in [4.69, 9.17) is 9.47 Å². The second kappa shape index (κ2) is 10.9. The van der Waals surface area contributed by atoms with E-state index < -0.39 is 0 Å². The molecule has 1 atom stereocenters. The van der Waals surface area contributed by atoms with Crippen molar-refractivity contribution in [3.63, 3.8) is 0 Å². The summed E-state index contributed by atoms with van der Waals surface area (Å²) in [5, 5.41) is 14.3. The van der Waals surface area contributed by atoms with E-state index in [1.807, 2.05) is 16.8 Å². The molecule has 10 heteroatoms. The lowest BCUT2D eigenvalue weighted by Crippen LogP contribution is -2.48. The molecular weight excluding hydrogens is 518 g/mol. The van der Waals surface area contributed by atoms with Gasteiger partial charge in [0.1, 0.15) is 6.04 Å². The van der Waals surface area contributed by atoms with Crippen LogP contribution in [-0.2, 0) is 6.54 Å². The molecule has 0 unspecified atom stereocenters. The third kappa shape index (κ3) is 5.10. The highest BCUT2D eigenvalue weighted by Gasteiger charge is 2.34. The molecule has 4 heterocycles. The number of ether oxygens (including phenoxy) is 2. The number of nitrogens with zero attached hydrogens (tertiary/aromatic N) is 6. The zero-order chi connectivity index (χ0) is 27.9. The molecule has 10 nitrogen and oxygen atoms in total. The maximum atomic E-state index is 13.7. The number of hydrogen-bond acceptors (Lipinski definition) is 8. The Morgan fingerprint density at radius 1 is 0.976 bits per heavy atom. The molecule has 2 fully saturated rings. The highest BCUT2D eigenvalue weighted by Crippen LogP contribution is 2.35. The first-order chi connectivity index (χ1) is 20.0. The van der Waals surface area contributed by atoms with Crippen LogP contribution >= 0.6 is 0 Å². The van der Waals surface area contributed by atoms with E-state index in [2.05, 4.69) is 68.4 Å². The minimum Gasteiger partial charge on any atom is -0.454 e. The largest absolute Gasteiger partial charge is 0.454 e. The summed E-state index contributed by atoms with van der Waals surface area (Å²) < 4.78 is 13.1. The van der Waals surface area contributed by atoms with Crippen LogP contribution in [0.5, 0.6) is 11.5 Å². The zero-order valence-corrected chi connectivity index (χ0v) is 23.8. The molecule has 0 radical (unpaired) electrons. The number of aryl methyl sites for hydroxylation is 2. The van der Waals surface area contributed by atoms with Crippen molar-refractivity contribution in [3.8, 4) is 11.5 Å². The molecule has 214 valence electrons. The second-order valence-electron chi connectivity index (χ2n) is 11.8. The minimum atomic E-state index is -0.325. The van der Waals surface area contributed by atoms with E-state index in [0.29, 0.717) is 5.56 Å². The third-order valence-electron chi connectivity index (χ3n) is 8.93. The normalized spacial score (nSPS) is 19.2. The number of aromatic amines is 1. The highest BCUT2D eigenvalue weighted by molar-refractivity contribution is 5.83. The van der Waals surface area contributed by atoms with Crippen molar-refractivity contribution in [2.75, 3.05) is 33.0 Å². The molecule has 1 aliphatic carbocycles. The van der Waals surface area contributed by atoms with Crippen LogP contribution in [0.2, 0.25) is 0 Å². The van der Waals surface area contributed by atoms with E-state index in [9.17, 15) is 4.79 Å². The van der Waals surface area contributed by atoms with Gasteiger partial charge in [-0.05, 0) is 78.1 Å². The zero-order valence-electron chi connectivity index (χ0n) is 23.8. The molecular formula is C31H37N7O3. The number of nitrogens with one attached hydrogen (secondary N) is 1. The van der Waals surface area contributed by atoms with E-state index in [1.165, 1.54) is 24.8 Å². The van der Waals surface area contributed by atoms with Gasteiger partial charge in [-0.3, -0.25) is 14.6 Å². The standard InChI is InChI=1S/C31H37N7O3/c1-20-14-21(2)24-17-25(31(39)32-26(24)15-20)29(30-33-34-35-38(30)23-6-4-3-5-7-23)37-12-10-36(11-13-37)18-22-8-9-27-28(16-22)41-19-40-27/h8-9,14-17,23,29H,3-7,10-13,18-19H2,1-2H3,(H,32,39)/t29-/m1/s1. The number of rotatable bonds is 6. The number of piperazine rings is 1. The van der Waals surface area contributed by atoms with Gasteiger partial charge in [0.25, 0.3) is 5.56 Å². The van der Waals surface area contributed by atoms with Gasteiger partial charge < -0.3 is 14.5 Å². The number of benzene rings is 2. The summed E-state index contributed by atoms with van der Waals surface area (Å²) in [4.78, 5) is 21.8. The van der Waals surface area contributed by atoms with E-state index >= 15 is 0 Å². The molecule has 1 N–H and O–H groups in total. The Hall–Kier alpha value is -3.76. The lowest BCUT2D eigenvalue weighted by molar-refractivity contribution is 0.0982. The van der Waals surface area contributed by atoms with Crippen LogP contribution in [0.3, 0.4) is 0 Å². The third-order valence-corrected chi connectivity index (χ3v) is 8.93. The summed E-state index contributed by atoms with van der Waals surface area (Å²) in [6.45, 7) is 8.64. The number of hydrogen-bond donors (Lipinski definition) is 1. The van der Waals surface area contributed by atoms with Crippen molar-refractivity contribution in [2.24, 2.45) is 0 Å². The quantitative estimate of drug-likeness (QED) is 0.376. The lowest BCUT2D eigenvalue weighted by Gasteiger charge is -2.39. The fourth-order valence-electron chi connectivity index (χ4n) is 6.83. The van der Waals surface area contributed by atoms with Crippen molar-refractivity contribution < 1.29 is 9.47 Å². The Bertz CT molecular complexity index is 1620. The predicted octanol–water partition coefficient (Wildman–Crippen LogP) is 4.27. The van der Waals surface area contributed by atoms with E-state index in [0.717, 1.165) is 84.9 Å². The monoisotopic (exact) mass is 555 g/mol. The smallest absolute Gasteiger partial charge is 0.253 e. The summed E-state index contributed by atoms with van der Waals surface area (Å²) >= 11 is 0. The molecule has 0 spiro atoms. The maximum absolute atomic E-state index is 13.7. The first-order valence-electron chi connectivity index (χ1n) is 14.8. The van der Waals surface area contributed by atoms with Crippen LogP contribution < -0.4 is 15.0 Å². The van der Waals surface area contributed by atoms with Gasteiger partial charge in [0.05, 0.1) is 6.04 Å². The van der Waals surface area contributed by atoms with Gasteiger partial charge in [-0.2, -0.15) is 0 Å². The highest BCUT2D eigenvalue weighted by atomic mass is 16.7. The second-order valence-corrected chi connectivity index (χ2v) is 11.8. The average Bonchev–Trinajstić information content (AvgIpc) is 3.65. The molecule has 2 aromatic heterocycles. The van der Waals surface area contributed by atoms with Crippen LogP contribution in [0, 0.1) is 13.8 Å². The Kier molecular flexibility index (Phi) is 6.96. The van der Waals surface area contributed by atoms with Gasteiger partial charge in [-0.15, -0.1) is 5.10 Å². The van der Waals surface area contributed by atoms with Gasteiger partial charge in [-0.25, -0.2) is 4.68 Å². The minimum absolute atomic E-state index is 0.0755. The van der Waals surface area contributed by atoms with Crippen LogP contribution in [0.15, 0.2) is 41.2 Å².